The van der Waals surface area contributed by atoms with Crippen molar-refractivity contribution < 1.29 is 9.72 Å². The summed E-state index contributed by atoms with van der Waals surface area (Å²) >= 11 is 0. The minimum Gasteiger partial charge on any atom is -0.366 e. The van der Waals surface area contributed by atoms with Crippen molar-refractivity contribution >= 4 is 11.6 Å². The molecule has 0 unspecified atom stereocenters. The first-order chi connectivity index (χ1) is 11.0. The summed E-state index contributed by atoms with van der Waals surface area (Å²) in [5.41, 5.74) is 7.09. The summed E-state index contributed by atoms with van der Waals surface area (Å²) in [7, 11) is 0. The number of nitro benzene ring substituents is 1. The van der Waals surface area contributed by atoms with Crippen LogP contribution in [0.4, 0.5) is 5.69 Å². The highest BCUT2D eigenvalue weighted by atomic mass is 16.6. The summed E-state index contributed by atoms with van der Waals surface area (Å²) < 4.78 is 2.20. The van der Waals surface area contributed by atoms with E-state index >= 15 is 0 Å². The van der Waals surface area contributed by atoms with Crippen LogP contribution in [0.15, 0.2) is 36.5 Å². The molecule has 2 heterocycles. The third-order valence-electron chi connectivity index (χ3n) is 4.41. The maximum absolute atomic E-state index is 11.3. The maximum atomic E-state index is 11.3. The van der Waals surface area contributed by atoms with Crippen molar-refractivity contribution in [3.63, 3.8) is 0 Å². The van der Waals surface area contributed by atoms with E-state index in [-0.39, 0.29) is 17.3 Å². The molecule has 0 spiro atoms. The summed E-state index contributed by atoms with van der Waals surface area (Å²) in [6.07, 6.45) is 2.05. The lowest BCUT2D eigenvalue weighted by Gasteiger charge is -2.34. The lowest BCUT2D eigenvalue weighted by Crippen LogP contribution is -2.36. The van der Waals surface area contributed by atoms with Gasteiger partial charge in [0.15, 0.2) is 0 Å². The van der Waals surface area contributed by atoms with Gasteiger partial charge in [-0.3, -0.25) is 19.8 Å². The first-order valence-electron chi connectivity index (χ1n) is 7.43. The number of nitrogens with zero attached hydrogens (tertiary/aromatic N) is 3. The number of carbonyl (C=O) groups excluding carboxylic acids is 1. The number of primary amides is 1. The van der Waals surface area contributed by atoms with E-state index in [1.165, 1.54) is 11.8 Å². The van der Waals surface area contributed by atoms with Crippen LogP contribution in [0.1, 0.15) is 34.6 Å². The molecule has 1 aliphatic heterocycles. The zero-order chi connectivity index (χ0) is 16.6. The zero-order valence-electron chi connectivity index (χ0n) is 12.8. The maximum Gasteiger partial charge on any atom is 0.274 e. The Morgan fingerprint density at radius 1 is 1.39 bits per heavy atom. The number of carbonyl (C=O) groups is 1. The molecule has 1 amide bonds. The van der Waals surface area contributed by atoms with Gasteiger partial charge in [0.1, 0.15) is 0 Å². The van der Waals surface area contributed by atoms with E-state index in [1.54, 1.807) is 12.1 Å². The minimum atomic E-state index is -0.663. The number of nitrogens with two attached hydrogens (primary N) is 1. The normalized spacial score (nSPS) is 17.7. The molecule has 0 fully saturated rings. The van der Waals surface area contributed by atoms with Crippen LogP contribution in [-0.2, 0) is 13.1 Å². The number of nitro groups is 1. The van der Waals surface area contributed by atoms with Crippen molar-refractivity contribution in [3.8, 4) is 0 Å². The van der Waals surface area contributed by atoms with Crippen LogP contribution in [0.25, 0.3) is 0 Å². The Bertz CT molecular complexity index is 768. The molecule has 23 heavy (non-hydrogen) atoms. The molecular formula is C16H18N4O3. The third kappa shape index (κ3) is 2.83. The SMILES string of the molecule is C[C@@H]1c2cccn2CCN1Cc1ccc(C(N)=O)cc1[N+](=O)[O-]. The fourth-order valence-corrected chi connectivity index (χ4v) is 3.08. The van der Waals surface area contributed by atoms with Gasteiger partial charge in [-0.25, -0.2) is 0 Å². The van der Waals surface area contributed by atoms with Crippen LogP contribution in [0.5, 0.6) is 0 Å². The van der Waals surface area contributed by atoms with E-state index in [0.29, 0.717) is 12.1 Å². The van der Waals surface area contributed by atoms with Crippen molar-refractivity contribution in [1.82, 2.24) is 9.47 Å². The van der Waals surface area contributed by atoms with Crippen molar-refractivity contribution in [3.05, 3.63) is 63.5 Å². The molecule has 1 aliphatic rings. The molecule has 0 radical (unpaired) electrons. The number of amides is 1. The smallest absolute Gasteiger partial charge is 0.274 e. The van der Waals surface area contributed by atoms with Gasteiger partial charge in [0, 0.05) is 54.8 Å². The number of benzene rings is 1. The Kier molecular flexibility index (Phi) is 3.87. The van der Waals surface area contributed by atoms with Gasteiger partial charge in [-0.2, -0.15) is 0 Å². The van der Waals surface area contributed by atoms with Crippen molar-refractivity contribution in [2.75, 3.05) is 6.54 Å². The van der Waals surface area contributed by atoms with Gasteiger partial charge in [-0.15, -0.1) is 0 Å². The van der Waals surface area contributed by atoms with Crippen molar-refractivity contribution in [1.29, 1.82) is 0 Å². The molecule has 0 bridgehead atoms. The second-order valence-electron chi connectivity index (χ2n) is 5.74. The van der Waals surface area contributed by atoms with Gasteiger partial charge in [0.25, 0.3) is 5.69 Å². The fourth-order valence-electron chi connectivity index (χ4n) is 3.08. The molecule has 2 N–H and O–H groups in total. The molecule has 1 atom stereocenters. The summed E-state index contributed by atoms with van der Waals surface area (Å²) in [4.78, 5) is 24.3. The van der Waals surface area contributed by atoms with E-state index in [1.807, 2.05) is 12.3 Å². The predicted octanol–water partition coefficient (Wildman–Crippen LogP) is 2.07. The highest BCUT2D eigenvalue weighted by molar-refractivity contribution is 5.93. The topological polar surface area (TPSA) is 94.4 Å². The molecule has 0 saturated carbocycles. The average Bonchev–Trinajstić information content (AvgIpc) is 2.99. The van der Waals surface area contributed by atoms with Crippen molar-refractivity contribution in [2.24, 2.45) is 5.73 Å². The largest absolute Gasteiger partial charge is 0.366 e. The fraction of sp³-hybridized carbons (Fsp3) is 0.312. The van der Waals surface area contributed by atoms with Crippen molar-refractivity contribution in [2.45, 2.75) is 26.1 Å². The Morgan fingerprint density at radius 3 is 2.87 bits per heavy atom. The summed E-state index contributed by atoms with van der Waals surface area (Å²) in [6, 6.07) is 8.69. The van der Waals surface area contributed by atoms with Crippen LogP contribution < -0.4 is 5.73 Å². The molecule has 120 valence electrons. The van der Waals surface area contributed by atoms with Gasteiger partial charge in [0.05, 0.1) is 4.92 Å². The van der Waals surface area contributed by atoms with Gasteiger partial charge in [0.2, 0.25) is 5.91 Å². The summed E-state index contributed by atoms with van der Waals surface area (Å²) in [5, 5.41) is 11.3. The first-order valence-corrected chi connectivity index (χ1v) is 7.43. The molecule has 1 aromatic carbocycles. The standard InChI is InChI=1S/C16H18N4O3/c1-11-14-3-2-6-18(14)7-8-19(11)10-13-5-4-12(16(17)21)9-15(13)20(22)23/h2-6,9,11H,7-8,10H2,1H3,(H2,17,21)/t11-/m1/s1. The third-order valence-corrected chi connectivity index (χ3v) is 4.41. The lowest BCUT2D eigenvalue weighted by molar-refractivity contribution is -0.385. The number of hydrogen-bond acceptors (Lipinski definition) is 4. The highest BCUT2D eigenvalue weighted by Crippen LogP contribution is 2.29. The molecule has 1 aromatic heterocycles. The molecule has 7 heteroatoms. The van der Waals surface area contributed by atoms with Gasteiger partial charge >= 0.3 is 0 Å². The van der Waals surface area contributed by atoms with Crippen LogP contribution in [0.2, 0.25) is 0 Å². The number of aromatic nitrogens is 1. The lowest BCUT2D eigenvalue weighted by atomic mass is 10.1. The summed E-state index contributed by atoms with van der Waals surface area (Å²) in [5.74, 6) is -0.663. The van der Waals surface area contributed by atoms with Gasteiger partial charge in [-0.05, 0) is 25.1 Å². The number of rotatable bonds is 4. The monoisotopic (exact) mass is 314 g/mol. The summed E-state index contributed by atoms with van der Waals surface area (Å²) in [6.45, 7) is 4.23. The van der Waals surface area contributed by atoms with E-state index in [0.717, 1.165) is 13.1 Å². The van der Waals surface area contributed by atoms with Crippen LogP contribution in [0.3, 0.4) is 0 Å². The van der Waals surface area contributed by atoms with E-state index < -0.39 is 10.8 Å². The first kappa shape index (κ1) is 15.2. The average molecular weight is 314 g/mol. The number of hydrogen-bond donors (Lipinski definition) is 1. The van der Waals surface area contributed by atoms with E-state index in [2.05, 4.69) is 22.5 Å². The number of fused-ring (bicyclic) bond motifs is 1. The molecule has 2 aromatic rings. The Morgan fingerprint density at radius 2 is 2.17 bits per heavy atom. The Labute approximate surface area is 133 Å². The van der Waals surface area contributed by atoms with E-state index in [4.69, 9.17) is 5.73 Å². The van der Waals surface area contributed by atoms with E-state index in [9.17, 15) is 14.9 Å². The molecule has 0 saturated heterocycles. The Hall–Kier alpha value is -2.67. The second kappa shape index (κ2) is 5.85. The molecule has 0 aliphatic carbocycles. The van der Waals surface area contributed by atoms with Crippen LogP contribution in [-0.4, -0.2) is 26.8 Å². The predicted molar refractivity (Wildman–Crippen MR) is 84.9 cm³/mol. The van der Waals surface area contributed by atoms with Crippen LogP contribution in [0, 0.1) is 10.1 Å². The highest BCUT2D eigenvalue weighted by Gasteiger charge is 2.26. The Balaban J connectivity index is 1.88. The van der Waals surface area contributed by atoms with Crippen LogP contribution >= 0.6 is 0 Å². The molecule has 3 rings (SSSR count). The van der Waals surface area contributed by atoms with Gasteiger partial charge in [-0.1, -0.05) is 6.07 Å². The second-order valence-corrected chi connectivity index (χ2v) is 5.74. The molecular weight excluding hydrogens is 296 g/mol. The zero-order valence-corrected chi connectivity index (χ0v) is 12.8. The molecule has 7 nitrogen and oxygen atoms in total. The minimum absolute atomic E-state index is 0.0607. The quantitative estimate of drug-likeness (QED) is 0.690. The van der Waals surface area contributed by atoms with Gasteiger partial charge < -0.3 is 10.3 Å².